The van der Waals surface area contributed by atoms with Gasteiger partial charge in [0.2, 0.25) is 11.8 Å². The number of carbonyl (C=O) groups excluding carboxylic acids is 2. The lowest BCUT2D eigenvalue weighted by molar-refractivity contribution is -0.141. The molecule has 0 spiro atoms. The molecule has 1 fully saturated rings. The van der Waals surface area contributed by atoms with Crippen LogP contribution in [0.4, 0.5) is 5.69 Å². The van der Waals surface area contributed by atoms with Crippen molar-refractivity contribution in [2.24, 2.45) is 0 Å². The molecule has 1 aliphatic carbocycles. The summed E-state index contributed by atoms with van der Waals surface area (Å²) in [5.41, 5.74) is 1.62. The van der Waals surface area contributed by atoms with Crippen LogP contribution < -0.4 is 9.62 Å². The van der Waals surface area contributed by atoms with E-state index < -0.39 is 16.1 Å². The lowest BCUT2D eigenvalue weighted by Gasteiger charge is -2.32. The molecular weight excluding hydrogens is 498 g/mol. The molecule has 0 aromatic heterocycles. The molecule has 1 unspecified atom stereocenters. The van der Waals surface area contributed by atoms with E-state index in [1.807, 2.05) is 61.5 Å². The number of sulfonamides is 1. The molecule has 0 radical (unpaired) electrons. The summed E-state index contributed by atoms with van der Waals surface area (Å²) in [5, 5.41) is 4.79. The van der Waals surface area contributed by atoms with Gasteiger partial charge in [-0.25, -0.2) is 8.42 Å². The van der Waals surface area contributed by atoms with Crippen molar-refractivity contribution < 1.29 is 18.0 Å². The predicted molar refractivity (Wildman–Crippen MR) is 149 cm³/mol. The van der Waals surface area contributed by atoms with Gasteiger partial charge in [0.1, 0.15) is 6.04 Å². The van der Waals surface area contributed by atoms with Crippen LogP contribution in [0.15, 0.2) is 71.6 Å². The maximum absolute atomic E-state index is 13.6. The average molecular weight is 534 g/mol. The Morgan fingerprint density at radius 3 is 2.42 bits per heavy atom. The van der Waals surface area contributed by atoms with Crippen LogP contribution in [-0.4, -0.2) is 43.8 Å². The number of benzene rings is 3. The molecular formula is C30H35N3O4S. The van der Waals surface area contributed by atoms with E-state index in [1.54, 1.807) is 17.0 Å². The summed E-state index contributed by atoms with van der Waals surface area (Å²) in [4.78, 5) is 28.9. The highest BCUT2D eigenvalue weighted by molar-refractivity contribution is 7.93. The van der Waals surface area contributed by atoms with Crippen LogP contribution in [0.25, 0.3) is 10.8 Å². The quantitative estimate of drug-likeness (QED) is 0.398. The first-order chi connectivity index (χ1) is 18.4. The highest BCUT2D eigenvalue weighted by Crippen LogP contribution is 2.42. The van der Waals surface area contributed by atoms with Gasteiger partial charge in [0.05, 0.1) is 10.6 Å². The van der Waals surface area contributed by atoms with Gasteiger partial charge < -0.3 is 10.2 Å². The largest absolute Gasteiger partial charge is 0.352 e. The van der Waals surface area contributed by atoms with Gasteiger partial charge in [0.25, 0.3) is 10.0 Å². The van der Waals surface area contributed by atoms with Crippen LogP contribution in [0.5, 0.6) is 0 Å². The number of amides is 2. The topological polar surface area (TPSA) is 86.8 Å². The lowest BCUT2D eigenvalue weighted by Crippen LogP contribution is -2.51. The number of rotatable bonds is 10. The zero-order valence-corrected chi connectivity index (χ0v) is 22.6. The molecule has 0 bridgehead atoms. The third-order valence-corrected chi connectivity index (χ3v) is 9.57. The van der Waals surface area contributed by atoms with Crippen molar-refractivity contribution in [2.45, 2.75) is 75.4 Å². The van der Waals surface area contributed by atoms with Gasteiger partial charge in [0, 0.05) is 30.9 Å². The van der Waals surface area contributed by atoms with E-state index in [0.29, 0.717) is 30.0 Å². The van der Waals surface area contributed by atoms with Crippen molar-refractivity contribution in [2.75, 3.05) is 10.8 Å². The molecule has 1 heterocycles. The molecule has 7 nitrogen and oxygen atoms in total. The number of hydrogen-bond donors (Lipinski definition) is 1. The van der Waals surface area contributed by atoms with Gasteiger partial charge >= 0.3 is 0 Å². The molecule has 38 heavy (non-hydrogen) atoms. The summed E-state index contributed by atoms with van der Waals surface area (Å²) in [6, 6.07) is 20.2. The SMILES string of the molecule is CCC(C(=O)NC1CCCC1)N(Cc1ccccc1)C(=O)CCCN1c2cccc3cccc(c23)S1(=O)=O. The summed E-state index contributed by atoms with van der Waals surface area (Å²) in [6.45, 7) is 2.47. The smallest absolute Gasteiger partial charge is 0.265 e. The third-order valence-electron chi connectivity index (χ3n) is 7.72. The van der Waals surface area contributed by atoms with Crippen LogP contribution in [-0.2, 0) is 26.2 Å². The van der Waals surface area contributed by atoms with Gasteiger partial charge in [0.15, 0.2) is 0 Å². The van der Waals surface area contributed by atoms with Crippen molar-refractivity contribution in [3.63, 3.8) is 0 Å². The van der Waals surface area contributed by atoms with E-state index in [2.05, 4.69) is 5.32 Å². The van der Waals surface area contributed by atoms with Crippen LogP contribution >= 0.6 is 0 Å². The van der Waals surface area contributed by atoms with Crippen molar-refractivity contribution in [3.05, 3.63) is 72.3 Å². The maximum atomic E-state index is 13.6. The van der Waals surface area contributed by atoms with Gasteiger partial charge in [-0.3, -0.25) is 13.9 Å². The molecule has 1 N–H and O–H groups in total. The van der Waals surface area contributed by atoms with Crippen molar-refractivity contribution in [1.82, 2.24) is 10.2 Å². The van der Waals surface area contributed by atoms with Gasteiger partial charge in [-0.2, -0.15) is 0 Å². The first-order valence-electron chi connectivity index (χ1n) is 13.6. The third kappa shape index (κ3) is 5.14. The molecule has 3 aromatic carbocycles. The van der Waals surface area contributed by atoms with E-state index in [1.165, 1.54) is 4.31 Å². The number of nitrogens with zero attached hydrogens (tertiary/aromatic N) is 2. The minimum atomic E-state index is -3.67. The maximum Gasteiger partial charge on any atom is 0.265 e. The summed E-state index contributed by atoms with van der Waals surface area (Å²) in [5.74, 6) is -0.248. The molecule has 200 valence electrons. The fraction of sp³-hybridized carbons (Fsp3) is 0.400. The van der Waals surface area contributed by atoms with Gasteiger partial charge in [-0.15, -0.1) is 0 Å². The second-order valence-electron chi connectivity index (χ2n) is 10.2. The standard InChI is InChI=1S/C30H35N3O4S/c1-2-25(30(35)31-24-15-6-7-16-24)32(21-22-11-4-3-5-12-22)28(34)19-10-20-33-26-17-8-13-23-14-9-18-27(29(23)26)38(33,36)37/h3-5,8-9,11-14,17-18,24-25H,2,6-7,10,15-16,19-21H2,1H3,(H,31,35). The summed E-state index contributed by atoms with van der Waals surface area (Å²) in [7, 11) is -3.67. The number of carbonyl (C=O) groups is 2. The molecule has 8 heteroatoms. The van der Waals surface area contributed by atoms with Crippen LogP contribution in [0.1, 0.15) is 57.4 Å². The zero-order chi connectivity index (χ0) is 26.7. The minimum Gasteiger partial charge on any atom is -0.352 e. The van der Waals surface area contributed by atoms with E-state index in [0.717, 1.165) is 42.0 Å². The highest BCUT2D eigenvalue weighted by atomic mass is 32.2. The Morgan fingerprint density at radius 1 is 1.00 bits per heavy atom. The zero-order valence-electron chi connectivity index (χ0n) is 21.8. The molecule has 1 saturated carbocycles. The average Bonchev–Trinajstić information content (AvgIpc) is 3.50. The Bertz CT molecular complexity index is 1410. The molecule has 0 saturated heterocycles. The van der Waals surface area contributed by atoms with E-state index in [4.69, 9.17) is 0 Å². The van der Waals surface area contributed by atoms with E-state index in [9.17, 15) is 18.0 Å². The highest BCUT2D eigenvalue weighted by Gasteiger charge is 2.36. The van der Waals surface area contributed by atoms with E-state index >= 15 is 0 Å². The van der Waals surface area contributed by atoms with Crippen LogP contribution in [0.2, 0.25) is 0 Å². The molecule has 2 amide bonds. The Balaban J connectivity index is 1.31. The first kappa shape index (κ1) is 26.2. The second kappa shape index (κ2) is 11.2. The second-order valence-corrected chi connectivity index (χ2v) is 12.1. The summed E-state index contributed by atoms with van der Waals surface area (Å²) >= 11 is 0. The first-order valence-corrected chi connectivity index (χ1v) is 15.0. The molecule has 2 aliphatic rings. The number of nitrogens with one attached hydrogen (secondary N) is 1. The molecule has 3 aromatic rings. The molecule has 1 aliphatic heterocycles. The minimum absolute atomic E-state index is 0.104. The molecule has 1 atom stereocenters. The predicted octanol–water partition coefficient (Wildman–Crippen LogP) is 4.99. The Morgan fingerprint density at radius 2 is 1.71 bits per heavy atom. The Kier molecular flexibility index (Phi) is 7.70. The van der Waals surface area contributed by atoms with E-state index in [-0.39, 0.29) is 30.8 Å². The number of hydrogen-bond acceptors (Lipinski definition) is 4. The van der Waals surface area contributed by atoms with Gasteiger partial charge in [-0.1, -0.05) is 74.4 Å². The Labute approximate surface area is 224 Å². The van der Waals surface area contributed by atoms with Crippen molar-refractivity contribution in [3.8, 4) is 0 Å². The van der Waals surface area contributed by atoms with Crippen LogP contribution in [0.3, 0.4) is 0 Å². The fourth-order valence-electron chi connectivity index (χ4n) is 5.78. The van der Waals surface area contributed by atoms with Crippen molar-refractivity contribution >= 4 is 38.3 Å². The lowest BCUT2D eigenvalue weighted by atomic mass is 10.1. The van der Waals surface area contributed by atoms with Gasteiger partial charge in [-0.05, 0) is 48.8 Å². The summed E-state index contributed by atoms with van der Waals surface area (Å²) in [6.07, 6.45) is 5.21. The summed E-state index contributed by atoms with van der Waals surface area (Å²) < 4.78 is 28.0. The Hall–Kier alpha value is -3.39. The fourth-order valence-corrected chi connectivity index (χ4v) is 7.53. The van der Waals surface area contributed by atoms with Crippen LogP contribution in [0, 0.1) is 0 Å². The number of anilines is 1. The monoisotopic (exact) mass is 533 g/mol. The molecule has 5 rings (SSSR count). The normalized spacial score (nSPS) is 17.0. The van der Waals surface area contributed by atoms with Crippen molar-refractivity contribution in [1.29, 1.82) is 0 Å².